The number of anilines is 2. The molecule has 0 aliphatic carbocycles. The van der Waals surface area contributed by atoms with Crippen molar-refractivity contribution in [2.75, 3.05) is 23.3 Å². The van der Waals surface area contributed by atoms with Crippen molar-refractivity contribution >= 4 is 17.4 Å². The Morgan fingerprint density at radius 1 is 0.906 bits per heavy atom. The normalized spacial score (nSPS) is 20.0. The molecule has 5 rings (SSSR count). The van der Waals surface area contributed by atoms with Gasteiger partial charge < -0.3 is 19.7 Å². The highest BCUT2D eigenvalue weighted by atomic mass is 16.6. The van der Waals surface area contributed by atoms with Crippen LogP contribution in [-0.4, -0.2) is 41.4 Å². The van der Waals surface area contributed by atoms with Crippen molar-refractivity contribution in [3.05, 3.63) is 60.7 Å². The number of ether oxygens (including phenoxy) is 2. The SMILES string of the molecule is C[C@H]1Oc2ccccc2O[C@@H]1C(=O)Nc1ccc(-c2ccc(N3CCCCC3)nn2)cc1. The van der Waals surface area contributed by atoms with Crippen LogP contribution in [0.4, 0.5) is 11.5 Å². The predicted molar refractivity (Wildman–Crippen MR) is 123 cm³/mol. The Labute approximate surface area is 187 Å². The van der Waals surface area contributed by atoms with Gasteiger partial charge in [0.15, 0.2) is 17.3 Å². The summed E-state index contributed by atoms with van der Waals surface area (Å²) in [5.74, 6) is 1.92. The van der Waals surface area contributed by atoms with Crippen molar-refractivity contribution < 1.29 is 14.3 Å². The first kappa shape index (κ1) is 20.3. The van der Waals surface area contributed by atoms with Crippen molar-refractivity contribution in [1.82, 2.24) is 10.2 Å². The van der Waals surface area contributed by atoms with Gasteiger partial charge in [0, 0.05) is 24.3 Å². The monoisotopic (exact) mass is 430 g/mol. The molecule has 1 fully saturated rings. The van der Waals surface area contributed by atoms with E-state index in [-0.39, 0.29) is 5.91 Å². The van der Waals surface area contributed by atoms with Crippen LogP contribution in [0.5, 0.6) is 11.5 Å². The van der Waals surface area contributed by atoms with E-state index < -0.39 is 12.2 Å². The molecular formula is C25H26N4O3. The fraction of sp³-hybridized carbons (Fsp3) is 0.320. The van der Waals surface area contributed by atoms with Crippen molar-refractivity contribution in [3.8, 4) is 22.8 Å². The number of para-hydroxylation sites is 2. The first-order valence-corrected chi connectivity index (χ1v) is 11.1. The largest absolute Gasteiger partial charge is 0.482 e. The molecule has 3 heterocycles. The van der Waals surface area contributed by atoms with Crippen LogP contribution in [0.25, 0.3) is 11.3 Å². The lowest BCUT2D eigenvalue weighted by molar-refractivity contribution is -0.128. The fourth-order valence-electron chi connectivity index (χ4n) is 4.11. The minimum absolute atomic E-state index is 0.245. The third-order valence-electron chi connectivity index (χ3n) is 5.88. The molecule has 2 aliphatic heterocycles. The number of nitrogens with one attached hydrogen (secondary N) is 1. The number of rotatable bonds is 4. The Morgan fingerprint density at radius 2 is 1.62 bits per heavy atom. The zero-order valence-corrected chi connectivity index (χ0v) is 18.0. The van der Waals surface area contributed by atoms with Gasteiger partial charge in [0.2, 0.25) is 6.10 Å². The van der Waals surface area contributed by atoms with Crippen LogP contribution in [0.15, 0.2) is 60.7 Å². The smallest absolute Gasteiger partial charge is 0.269 e. The topological polar surface area (TPSA) is 76.6 Å². The lowest BCUT2D eigenvalue weighted by Crippen LogP contribution is -2.46. The van der Waals surface area contributed by atoms with E-state index in [4.69, 9.17) is 9.47 Å². The Balaban J connectivity index is 1.23. The van der Waals surface area contributed by atoms with Crippen molar-refractivity contribution in [1.29, 1.82) is 0 Å². The summed E-state index contributed by atoms with van der Waals surface area (Å²) in [6.45, 7) is 3.92. The number of fused-ring (bicyclic) bond motifs is 1. The van der Waals surface area contributed by atoms with Gasteiger partial charge >= 0.3 is 0 Å². The van der Waals surface area contributed by atoms with Gasteiger partial charge in [-0.2, -0.15) is 0 Å². The molecule has 0 bridgehead atoms. The number of aromatic nitrogens is 2. The molecule has 2 aromatic carbocycles. The number of hydrogen-bond acceptors (Lipinski definition) is 6. The summed E-state index contributed by atoms with van der Waals surface area (Å²) >= 11 is 0. The Kier molecular flexibility index (Phi) is 5.62. The highest BCUT2D eigenvalue weighted by molar-refractivity contribution is 5.95. The predicted octanol–water partition coefficient (Wildman–Crippen LogP) is 4.30. The third kappa shape index (κ3) is 4.23. The first-order chi connectivity index (χ1) is 15.7. The minimum atomic E-state index is -0.724. The Morgan fingerprint density at radius 3 is 2.31 bits per heavy atom. The lowest BCUT2D eigenvalue weighted by atomic mass is 10.1. The van der Waals surface area contributed by atoms with E-state index in [0.29, 0.717) is 17.2 Å². The number of carbonyl (C=O) groups excluding carboxylic acids is 1. The number of benzene rings is 2. The lowest BCUT2D eigenvalue weighted by Gasteiger charge is -2.31. The second kappa shape index (κ2) is 8.86. The van der Waals surface area contributed by atoms with Gasteiger partial charge in [-0.25, -0.2) is 0 Å². The summed E-state index contributed by atoms with van der Waals surface area (Å²) in [5.41, 5.74) is 2.43. The zero-order valence-electron chi connectivity index (χ0n) is 18.0. The Bertz CT molecular complexity index is 1080. The first-order valence-electron chi connectivity index (χ1n) is 11.1. The summed E-state index contributed by atoms with van der Waals surface area (Å²) in [6.07, 6.45) is 2.59. The molecular weight excluding hydrogens is 404 g/mol. The molecule has 0 saturated carbocycles. The van der Waals surface area contributed by atoms with Gasteiger partial charge in [0.25, 0.3) is 5.91 Å². The molecule has 1 saturated heterocycles. The highest BCUT2D eigenvalue weighted by Crippen LogP contribution is 2.33. The molecule has 3 aromatic rings. The molecule has 32 heavy (non-hydrogen) atoms. The molecule has 7 nitrogen and oxygen atoms in total. The van der Waals surface area contributed by atoms with E-state index in [1.807, 2.05) is 61.5 Å². The maximum absolute atomic E-state index is 12.8. The van der Waals surface area contributed by atoms with Crippen LogP contribution in [-0.2, 0) is 4.79 Å². The van der Waals surface area contributed by atoms with Crippen molar-refractivity contribution in [3.63, 3.8) is 0 Å². The van der Waals surface area contributed by atoms with Crippen LogP contribution < -0.4 is 19.7 Å². The van der Waals surface area contributed by atoms with Crippen LogP contribution in [0.1, 0.15) is 26.2 Å². The van der Waals surface area contributed by atoms with E-state index in [1.54, 1.807) is 6.07 Å². The van der Waals surface area contributed by atoms with E-state index in [0.717, 1.165) is 30.2 Å². The molecule has 1 aromatic heterocycles. The van der Waals surface area contributed by atoms with Crippen molar-refractivity contribution in [2.24, 2.45) is 0 Å². The van der Waals surface area contributed by atoms with Gasteiger partial charge in [-0.15, -0.1) is 10.2 Å². The average Bonchev–Trinajstić information content (AvgIpc) is 2.85. The molecule has 0 unspecified atom stereocenters. The van der Waals surface area contributed by atoms with E-state index >= 15 is 0 Å². The standard InChI is InChI=1S/C25H26N4O3/c1-17-24(32-22-8-4-3-7-21(22)31-17)25(30)26-19-11-9-18(10-12-19)20-13-14-23(28-27-20)29-15-5-2-6-16-29/h3-4,7-14,17,24H,2,5-6,15-16H2,1H3,(H,26,30)/t17-,24+/m1/s1. The van der Waals surface area contributed by atoms with E-state index in [1.165, 1.54) is 19.3 Å². The summed E-state index contributed by atoms with van der Waals surface area (Å²) < 4.78 is 11.7. The number of hydrogen-bond donors (Lipinski definition) is 1. The van der Waals surface area contributed by atoms with Gasteiger partial charge in [0.05, 0.1) is 5.69 Å². The molecule has 1 amide bonds. The quantitative estimate of drug-likeness (QED) is 0.665. The van der Waals surface area contributed by atoms with E-state index in [2.05, 4.69) is 20.4 Å². The second-order valence-electron chi connectivity index (χ2n) is 8.20. The number of carbonyl (C=O) groups is 1. The van der Waals surface area contributed by atoms with Crippen LogP contribution in [0.3, 0.4) is 0 Å². The zero-order chi connectivity index (χ0) is 21.9. The molecule has 7 heteroatoms. The number of nitrogens with zero attached hydrogens (tertiary/aromatic N) is 3. The summed E-state index contributed by atoms with van der Waals surface area (Å²) in [5, 5.41) is 11.7. The highest BCUT2D eigenvalue weighted by Gasteiger charge is 2.34. The molecule has 164 valence electrons. The molecule has 0 radical (unpaired) electrons. The van der Waals surface area contributed by atoms with E-state index in [9.17, 15) is 4.79 Å². The second-order valence-corrected chi connectivity index (χ2v) is 8.20. The van der Waals surface area contributed by atoms with Gasteiger partial charge in [-0.05, 0) is 62.6 Å². The fourth-order valence-corrected chi connectivity index (χ4v) is 4.11. The molecule has 2 aliphatic rings. The molecule has 2 atom stereocenters. The van der Waals surface area contributed by atoms with Gasteiger partial charge in [0.1, 0.15) is 6.10 Å². The van der Waals surface area contributed by atoms with Crippen LogP contribution in [0, 0.1) is 0 Å². The summed E-state index contributed by atoms with van der Waals surface area (Å²) in [7, 11) is 0. The van der Waals surface area contributed by atoms with Crippen molar-refractivity contribution in [2.45, 2.75) is 38.4 Å². The van der Waals surface area contributed by atoms with Gasteiger partial charge in [-0.3, -0.25) is 4.79 Å². The Hall–Kier alpha value is -3.61. The average molecular weight is 431 g/mol. The summed E-state index contributed by atoms with van der Waals surface area (Å²) in [6, 6.07) is 19.0. The molecule has 0 spiro atoms. The molecule has 1 N–H and O–H groups in total. The van der Waals surface area contributed by atoms with Gasteiger partial charge in [-0.1, -0.05) is 24.3 Å². The number of piperidine rings is 1. The maximum atomic E-state index is 12.8. The van der Waals surface area contributed by atoms with Crippen LogP contribution in [0.2, 0.25) is 0 Å². The summed E-state index contributed by atoms with van der Waals surface area (Å²) in [4.78, 5) is 15.1. The maximum Gasteiger partial charge on any atom is 0.269 e. The van der Waals surface area contributed by atoms with Crippen LogP contribution >= 0.6 is 0 Å². The third-order valence-corrected chi connectivity index (χ3v) is 5.88. The number of amides is 1. The minimum Gasteiger partial charge on any atom is -0.482 e.